The van der Waals surface area contributed by atoms with Crippen LogP contribution in [-0.4, -0.2) is 22.2 Å². The standard InChI is InChI=1S/C18H15N.C4H4O4/c1-4-10-16(11-5-1)19(17-12-6-2-7-13-17)18-14-8-3-9-15-18;5-3(6)1-2-4(7)8/h1-15H;1-2H,(H,5,6)(H,7,8)/b;2-1+. The second kappa shape index (κ2) is 10.2. The number of carboxylic acids is 2. The molecule has 0 heterocycles. The summed E-state index contributed by atoms with van der Waals surface area (Å²) in [6.07, 6.45) is 1.12. The van der Waals surface area contributed by atoms with Gasteiger partial charge in [-0.15, -0.1) is 0 Å². The van der Waals surface area contributed by atoms with E-state index in [9.17, 15) is 9.59 Å². The van der Waals surface area contributed by atoms with Crippen LogP contribution < -0.4 is 4.90 Å². The van der Waals surface area contributed by atoms with E-state index in [4.69, 9.17) is 10.2 Å². The Morgan fingerprint density at radius 1 is 0.556 bits per heavy atom. The predicted octanol–water partition coefficient (Wildman–Crippen LogP) is 4.87. The normalized spacial score (nSPS) is 9.93. The second-order valence-electron chi connectivity index (χ2n) is 5.35. The number of benzene rings is 3. The maximum atomic E-state index is 9.55. The van der Waals surface area contributed by atoms with Gasteiger partial charge in [-0.2, -0.15) is 0 Å². The molecule has 0 saturated heterocycles. The van der Waals surface area contributed by atoms with E-state index in [1.807, 2.05) is 18.2 Å². The van der Waals surface area contributed by atoms with E-state index in [0.29, 0.717) is 12.2 Å². The third-order valence-electron chi connectivity index (χ3n) is 3.41. The third-order valence-corrected chi connectivity index (χ3v) is 3.41. The minimum Gasteiger partial charge on any atom is -0.478 e. The van der Waals surface area contributed by atoms with E-state index in [1.165, 1.54) is 17.1 Å². The van der Waals surface area contributed by atoms with Crippen molar-refractivity contribution in [2.24, 2.45) is 0 Å². The highest BCUT2D eigenvalue weighted by atomic mass is 16.4. The SMILES string of the molecule is O=C(O)/C=C/C(=O)O.c1ccc(N(c2ccccc2)c2ccccc2)cc1. The average molecular weight is 361 g/mol. The summed E-state index contributed by atoms with van der Waals surface area (Å²) in [6, 6.07) is 31.3. The molecule has 3 aromatic rings. The Labute approximate surface area is 157 Å². The van der Waals surface area contributed by atoms with Crippen LogP contribution in [0.4, 0.5) is 17.1 Å². The van der Waals surface area contributed by atoms with Crippen LogP contribution in [0, 0.1) is 0 Å². The topological polar surface area (TPSA) is 77.8 Å². The van der Waals surface area contributed by atoms with Crippen molar-refractivity contribution < 1.29 is 19.8 Å². The van der Waals surface area contributed by atoms with Gasteiger partial charge in [0.05, 0.1) is 0 Å². The lowest BCUT2D eigenvalue weighted by molar-refractivity contribution is -0.134. The number of anilines is 3. The lowest BCUT2D eigenvalue weighted by Gasteiger charge is -2.25. The van der Waals surface area contributed by atoms with E-state index in [2.05, 4.69) is 77.7 Å². The number of carboxylic acid groups (broad SMARTS) is 2. The highest BCUT2D eigenvalue weighted by Crippen LogP contribution is 2.33. The molecule has 0 aliphatic carbocycles. The molecule has 0 aliphatic heterocycles. The van der Waals surface area contributed by atoms with Gasteiger partial charge in [0.2, 0.25) is 0 Å². The van der Waals surface area contributed by atoms with E-state index >= 15 is 0 Å². The molecule has 0 bridgehead atoms. The van der Waals surface area contributed by atoms with Gasteiger partial charge in [-0.1, -0.05) is 54.6 Å². The zero-order valence-corrected chi connectivity index (χ0v) is 14.5. The van der Waals surface area contributed by atoms with Gasteiger partial charge in [0.15, 0.2) is 0 Å². The molecule has 0 radical (unpaired) electrons. The van der Waals surface area contributed by atoms with Gasteiger partial charge in [0.1, 0.15) is 0 Å². The molecular formula is C22H19NO4. The molecule has 0 saturated carbocycles. The molecule has 0 aromatic heterocycles. The Kier molecular flexibility index (Phi) is 7.36. The van der Waals surface area contributed by atoms with E-state index < -0.39 is 11.9 Å². The molecule has 2 N–H and O–H groups in total. The molecule has 136 valence electrons. The fraction of sp³-hybridized carbons (Fsp3) is 0. The first kappa shape index (κ1) is 19.5. The molecule has 5 heteroatoms. The van der Waals surface area contributed by atoms with Crippen LogP contribution in [0.1, 0.15) is 0 Å². The molecule has 0 atom stereocenters. The zero-order chi connectivity index (χ0) is 19.5. The maximum absolute atomic E-state index is 9.55. The molecule has 3 aromatic carbocycles. The van der Waals surface area contributed by atoms with Crippen LogP contribution in [-0.2, 0) is 9.59 Å². The molecule has 0 fully saturated rings. The molecule has 3 rings (SSSR count). The number of rotatable bonds is 5. The Hall–Kier alpha value is -3.86. The summed E-state index contributed by atoms with van der Waals surface area (Å²) in [5.74, 6) is -2.51. The van der Waals surface area contributed by atoms with Crippen molar-refractivity contribution in [3.05, 3.63) is 103 Å². The van der Waals surface area contributed by atoms with Gasteiger partial charge in [-0.25, -0.2) is 9.59 Å². The van der Waals surface area contributed by atoms with E-state index in [-0.39, 0.29) is 0 Å². The number of hydrogen-bond acceptors (Lipinski definition) is 3. The summed E-state index contributed by atoms with van der Waals surface area (Å²) in [7, 11) is 0. The van der Waals surface area contributed by atoms with Crippen LogP contribution in [0.2, 0.25) is 0 Å². The van der Waals surface area contributed by atoms with Crippen molar-refractivity contribution in [2.75, 3.05) is 4.90 Å². The van der Waals surface area contributed by atoms with Gasteiger partial charge < -0.3 is 15.1 Å². The first-order chi connectivity index (χ1) is 13.1. The Morgan fingerprint density at radius 2 is 0.815 bits per heavy atom. The number of nitrogens with zero attached hydrogens (tertiary/aromatic N) is 1. The van der Waals surface area contributed by atoms with Crippen molar-refractivity contribution in [1.82, 2.24) is 0 Å². The number of aliphatic carboxylic acids is 2. The highest BCUT2D eigenvalue weighted by Gasteiger charge is 2.10. The number of carbonyl (C=O) groups is 2. The maximum Gasteiger partial charge on any atom is 0.328 e. The molecular weight excluding hydrogens is 342 g/mol. The van der Waals surface area contributed by atoms with Crippen molar-refractivity contribution >= 4 is 29.0 Å². The molecule has 0 unspecified atom stereocenters. The smallest absolute Gasteiger partial charge is 0.328 e. The van der Waals surface area contributed by atoms with Crippen LogP contribution in [0.3, 0.4) is 0 Å². The fourth-order valence-electron chi connectivity index (χ4n) is 2.32. The van der Waals surface area contributed by atoms with Crippen LogP contribution in [0.15, 0.2) is 103 Å². The first-order valence-corrected chi connectivity index (χ1v) is 8.17. The minimum absolute atomic E-state index is 0.558. The Balaban J connectivity index is 0.000000279. The molecule has 5 nitrogen and oxygen atoms in total. The Morgan fingerprint density at radius 3 is 1.04 bits per heavy atom. The average Bonchev–Trinajstić information content (AvgIpc) is 2.70. The quantitative estimate of drug-likeness (QED) is 0.634. The summed E-state index contributed by atoms with van der Waals surface area (Å²) in [5.41, 5.74) is 3.50. The van der Waals surface area contributed by atoms with Crippen LogP contribution in [0.5, 0.6) is 0 Å². The largest absolute Gasteiger partial charge is 0.478 e. The zero-order valence-electron chi connectivity index (χ0n) is 14.5. The number of hydrogen-bond donors (Lipinski definition) is 2. The Bertz CT molecular complexity index is 768. The van der Waals surface area contributed by atoms with E-state index in [1.54, 1.807) is 0 Å². The summed E-state index contributed by atoms with van der Waals surface area (Å²) in [6.45, 7) is 0. The second-order valence-corrected chi connectivity index (χ2v) is 5.35. The summed E-state index contributed by atoms with van der Waals surface area (Å²) in [4.78, 5) is 21.4. The first-order valence-electron chi connectivity index (χ1n) is 8.17. The highest BCUT2D eigenvalue weighted by molar-refractivity contribution is 5.89. The van der Waals surface area contributed by atoms with Crippen molar-refractivity contribution in [1.29, 1.82) is 0 Å². The molecule has 27 heavy (non-hydrogen) atoms. The third kappa shape index (κ3) is 6.51. The van der Waals surface area contributed by atoms with Gasteiger partial charge in [-0.3, -0.25) is 0 Å². The number of para-hydroxylation sites is 3. The van der Waals surface area contributed by atoms with E-state index in [0.717, 1.165) is 0 Å². The predicted molar refractivity (Wildman–Crippen MR) is 106 cm³/mol. The van der Waals surface area contributed by atoms with Gasteiger partial charge in [-0.05, 0) is 36.4 Å². The van der Waals surface area contributed by atoms with Gasteiger partial charge in [0, 0.05) is 29.2 Å². The van der Waals surface area contributed by atoms with Gasteiger partial charge >= 0.3 is 11.9 Å². The van der Waals surface area contributed by atoms with Crippen LogP contribution >= 0.6 is 0 Å². The summed E-state index contributed by atoms with van der Waals surface area (Å²) >= 11 is 0. The molecule has 0 spiro atoms. The van der Waals surface area contributed by atoms with Crippen molar-refractivity contribution in [3.63, 3.8) is 0 Å². The van der Waals surface area contributed by atoms with Crippen molar-refractivity contribution in [2.45, 2.75) is 0 Å². The fourth-order valence-corrected chi connectivity index (χ4v) is 2.32. The minimum atomic E-state index is -1.26. The lowest BCUT2D eigenvalue weighted by atomic mass is 10.2. The monoisotopic (exact) mass is 361 g/mol. The lowest BCUT2D eigenvalue weighted by Crippen LogP contribution is -2.09. The summed E-state index contributed by atoms with van der Waals surface area (Å²) in [5, 5.41) is 15.6. The van der Waals surface area contributed by atoms with Gasteiger partial charge in [0.25, 0.3) is 0 Å². The molecule has 0 aliphatic rings. The summed E-state index contributed by atoms with van der Waals surface area (Å²) < 4.78 is 0. The van der Waals surface area contributed by atoms with Crippen molar-refractivity contribution in [3.8, 4) is 0 Å². The van der Waals surface area contributed by atoms with Crippen LogP contribution in [0.25, 0.3) is 0 Å². The molecule has 0 amide bonds.